The number of rotatable bonds is 8. The number of nitriles is 1. The number of benzene rings is 3. The van der Waals surface area contributed by atoms with Crippen molar-refractivity contribution >= 4 is 21.6 Å². The molecule has 0 spiro atoms. The van der Waals surface area contributed by atoms with Gasteiger partial charge in [0.1, 0.15) is 16.7 Å². The van der Waals surface area contributed by atoms with Crippen LogP contribution < -0.4 is 14.8 Å². The first-order valence-corrected chi connectivity index (χ1v) is 10.9. The number of hydrogen-bond donors (Lipinski definition) is 2. The molecule has 0 saturated carbocycles. The smallest absolute Gasteiger partial charge is 0.263 e. The molecule has 3 aromatic carbocycles. The largest absolute Gasteiger partial charge is 0.497 e. The van der Waals surface area contributed by atoms with E-state index in [-0.39, 0.29) is 21.7 Å². The maximum absolute atomic E-state index is 12.8. The van der Waals surface area contributed by atoms with Gasteiger partial charge in [-0.25, -0.2) is 8.42 Å². The first kappa shape index (κ1) is 21.9. The van der Waals surface area contributed by atoms with Crippen molar-refractivity contribution in [2.45, 2.75) is 11.3 Å². The number of sulfonamides is 1. The zero-order chi connectivity index (χ0) is 22.3. The molecule has 0 aliphatic carbocycles. The molecule has 0 aliphatic heterocycles. The van der Waals surface area contributed by atoms with E-state index in [4.69, 9.17) is 4.74 Å². The number of carbonyl (C=O) groups excluding carboxylic acids is 1. The number of carbonyl (C=O) groups is 1. The fourth-order valence-electron chi connectivity index (χ4n) is 2.97. The Morgan fingerprint density at radius 1 is 1.00 bits per heavy atom. The van der Waals surface area contributed by atoms with Crippen molar-refractivity contribution in [1.82, 2.24) is 5.32 Å². The fraction of sp³-hybridized carbons (Fsp3) is 0.130. The predicted octanol–water partition coefficient (Wildman–Crippen LogP) is 3.34. The molecule has 1 amide bonds. The Morgan fingerprint density at radius 3 is 2.39 bits per heavy atom. The highest BCUT2D eigenvalue weighted by Gasteiger charge is 2.21. The number of para-hydroxylation sites is 1. The summed E-state index contributed by atoms with van der Waals surface area (Å²) in [4.78, 5) is 12.5. The molecule has 0 fully saturated rings. The molecule has 0 heterocycles. The van der Waals surface area contributed by atoms with Gasteiger partial charge in [0, 0.05) is 6.54 Å². The second kappa shape index (κ2) is 9.78. The highest BCUT2D eigenvalue weighted by molar-refractivity contribution is 7.92. The Labute approximate surface area is 181 Å². The third-order valence-electron chi connectivity index (χ3n) is 4.57. The Kier molecular flexibility index (Phi) is 6.90. The molecule has 158 valence electrons. The number of amides is 1. The lowest BCUT2D eigenvalue weighted by Crippen LogP contribution is -2.27. The molecule has 0 unspecified atom stereocenters. The van der Waals surface area contributed by atoms with Crippen LogP contribution >= 0.6 is 0 Å². The van der Waals surface area contributed by atoms with E-state index in [1.165, 1.54) is 30.3 Å². The maximum atomic E-state index is 12.8. The number of nitrogens with one attached hydrogen (secondary N) is 2. The number of hydrogen-bond acceptors (Lipinski definition) is 5. The summed E-state index contributed by atoms with van der Waals surface area (Å²) >= 11 is 0. The van der Waals surface area contributed by atoms with Crippen molar-refractivity contribution in [1.29, 1.82) is 5.26 Å². The number of methoxy groups -OCH3 is 1. The van der Waals surface area contributed by atoms with E-state index >= 15 is 0 Å². The van der Waals surface area contributed by atoms with Gasteiger partial charge in [0.05, 0.1) is 23.9 Å². The number of nitrogens with zero attached hydrogens (tertiary/aromatic N) is 1. The van der Waals surface area contributed by atoms with Crippen molar-refractivity contribution < 1.29 is 17.9 Å². The van der Waals surface area contributed by atoms with Gasteiger partial charge in [0.15, 0.2) is 0 Å². The summed E-state index contributed by atoms with van der Waals surface area (Å²) in [5.74, 6) is 0.354. The van der Waals surface area contributed by atoms with Crippen LogP contribution in [0.1, 0.15) is 21.5 Å². The molecule has 0 aromatic heterocycles. The molecule has 0 aliphatic rings. The van der Waals surface area contributed by atoms with Crippen LogP contribution in [0.4, 0.5) is 5.69 Å². The van der Waals surface area contributed by atoms with Gasteiger partial charge in [-0.05, 0) is 48.4 Å². The molecular formula is C23H21N3O4S. The lowest BCUT2D eigenvalue weighted by molar-refractivity contribution is 0.0955. The minimum atomic E-state index is -4.05. The molecule has 0 saturated heterocycles. The molecule has 8 heteroatoms. The van der Waals surface area contributed by atoms with Crippen molar-refractivity contribution in [2.75, 3.05) is 18.4 Å². The van der Waals surface area contributed by atoms with Crippen LogP contribution in [0.5, 0.6) is 5.75 Å². The summed E-state index contributed by atoms with van der Waals surface area (Å²) < 4.78 is 33.2. The van der Waals surface area contributed by atoms with Crippen LogP contribution in [-0.2, 0) is 16.4 Å². The van der Waals surface area contributed by atoms with Crippen LogP contribution in [-0.4, -0.2) is 28.0 Å². The van der Waals surface area contributed by atoms with E-state index in [0.717, 1.165) is 11.3 Å². The van der Waals surface area contributed by atoms with E-state index in [9.17, 15) is 18.5 Å². The van der Waals surface area contributed by atoms with Gasteiger partial charge >= 0.3 is 0 Å². The molecule has 31 heavy (non-hydrogen) atoms. The number of ether oxygens (including phenoxy) is 1. The molecule has 0 atom stereocenters. The summed E-state index contributed by atoms with van der Waals surface area (Å²) in [6, 6.07) is 21.6. The Morgan fingerprint density at radius 2 is 1.68 bits per heavy atom. The Balaban J connectivity index is 1.72. The second-order valence-electron chi connectivity index (χ2n) is 6.61. The van der Waals surface area contributed by atoms with Gasteiger partial charge in [-0.15, -0.1) is 0 Å². The van der Waals surface area contributed by atoms with Crippen LogP contribution in [0, 0.1) is 11.3 Å². The van der Waals surface area contributed by atoms with E-state index in [0.29, 0.717) is 13.0 Å². The van der Waals surface area contributed by atoms with Gasteiger partial charge in [-0.1, -0.05) is 36.4 Å². The summed E-state index contributed by atoms with van der Waals surface area (Å²) in [5, 5.41) is 12.0. The zero-order valence-corrected chi connectivity index (χ0v) is 17.6. The normalized spacial score (nSPS) is 10.7. The van der Waals surface area contributed by atoms with E-state index in [2.05, 4.69) is 10.0 Å². The second-order valence-corrected chi connectivity index (χ2v) is 8.26. The van der Waals surface area contributed by atoms with Crippen molar-refractivity contribution in [3.05, 3.63) is 89.5 Å². The van der Waals surface area contributed by atoms with Crippen LogP contribution in [0.2, 0.25) is 0 Å². The van der Waals surface area contributed by atoms with Crippen molar-refractivity contribution in [2.24, 2.45) is 0 Å². The summed E-state index contributed by atoms with van der Waals surface area (Å²) in [7, 11) is -2.45. The quantitative estimate of drug-likeness (QED) is 0.564. The monoisotopic (exact) mass is 435 g/mol. The van der Waals surface area contributed by atoms with Gasteiger partial charge in [0.25, 0.3) is 15.9 Å². The lowest BCUT2D eigenvalue weighted by Gasteiger charge is -2.13. The molecule has 3 rings (SSSR count). The van der Waals surface area contributed by atoms with Gasteiger partial charge in [-0.3, -0.25) is 9.52 Å². The molecular weight excluding hydrogens is 414 g/mol. The topological polar surface area (TPSA) is 108 Å². The van der Waals surface area contributed by atoms with E-state index < -0.39 is 15.9 Å². The molecule has 7 nitrogen and oxygen atoms in total. The predicted molar refractivity (Wildman–Crippen MR) is 117 cm³/mol. The SMILES string of the molecule is COc1ccc(CCNC(=O)c2ccccc2NS(=O)(=O)c2ccccc2C#N)cc1. The molecule has 3 aromatic rings. The minimum Gasteiger partial charge on any atom is -0.497 e. The summed E-state index contributed by atoms with van der Waals surface area (Å²) in [6.07, 6.45) is 0.610. The summed E-state index contributed by atoms with van der Waals surface area (Å²) in [5.41, 5.74) is 1.38. The van der Waals surface area contributed by atoms with Crippen LogP contribution in [0.3, 0.4) is 0 Å². The number of anilines is 1. The molecule has 2 N–H and O–H groups in total. The molecule has 0 bridgehead atoms. The van der Waals surface area contributed by atoms with Gasteiger partial charge < -0.3 is 10.1 Å². The third kappa shape index (κ3) is 5.41. The third-order valence-corrected chi connectivity index (χ3v) is 5.99. The van der Waals surface area contributed by atoms with Gasteiger partial charge in [0.2, 0.25) is 0 Å². The van der Waals surface area contributed by atoms with E-state index in [1.54, 1.807) is 25.3 Å². The molecule has 0 radical (unpaired) electrons. The Bertz CT molecular complexity index is 1220. The lowest BCUT2D eigenvalue weighted by atomic mass is 10.1. The van der Waals surface area contributed by atoms with Crippen LogP contribution in [0.15, 0.2) is 77.7 Å². The Hall–Kier alpha value is -3.83. The first-order chi connectivity index (χ1) is 14.9. The summed E-state index contributed by atoms with van der Waals surface area (Å²) in [6.45, 7) is 0.378. The first-order valence-electron chi connectivity index (χ1n) is 9.46. The van der Waals surface area contributed by atoms with Gasteiger partial charge in [-0.2, -0.15) is 5.26 Å². The highest BCUT2D eigenvalue weighted by Crippen LogP contribution is 2.22. The maximum Gasteiger partial charge on any atom is 0.263 e. The average Bonchev–Trinajstić information content (AvgIpc) is 2.79. The fourth-order valence-corrected chi connectivity index (χ4v) is 4.21. The van der Waals surface area contributed by atoms with E-state index in [1.807, 2.05) is 30.3 Å². The zero-order valence-electron chi connectivity index (χ0n) is 16.8. The minimum absolute atomic E-state index is 0.0245. The highest BCUT2D eigenvalue weighted by atomic mass is 32.2. The standard InChI is InChI=1S/C23H21N3O4S/c1-30-19-12-10-17(11-13-19)14-15-25-23(27)20-7-3-4-8-21(20)26-31(28,29)22-9-5-2-6-18(22)16-24/h2-13,26H,14-15H2,1H3,(H,25,27). The van der Waals surface area contributed by atoms with Crippen molar-refractivity contribution in [3.8, 4) is 11.8 Å². The van der Waals surface area contributed by atoms with Crippen molar-refractivity contribution in [3.63, 3.8) is 0 Å². The average molecular weight is 436 g/mol. The van der Waals surface area contributed by atoms with Crippen LogP contribution in [0.25, 0.3) is 0 Å².